The molecule has 0 radical (unpaired) electrons. The Morgan fingerprint density at radius 1 is 1.21 bits per heavy atom. The number of hydrogen-bond donors (Lipinski definition) is 0. The fourth-order valence-corrected chi connectivity index (χ4v) is 1.72. The van der Waals surface area contributed by atoms with Crippen LogP contribution >= 0.6 is 0 Å². The van der Waals surface area contributed by atoms with Crippen LogP contribution in [0.5, 0.6) is 11.8 Å². The molecule has 0 saturated carbocycles. The van der Waals surface area contributed by atoms with Crippen molar-refractivity contribution in [2.45, 2.75) is 26.6 Å². The van der Waals surface area contributed by atoms with Gasteiger partial charge in [-0.15, -0.1) is 0 Å². The molecule has 0 amide bonds. The number of alkyl halides is 3. The van der Waals surface area contributed by atoms with E-state index in [-0.39, 0.29) is 0 Å². The molecule has 0 unspecified atom stereocenters. The summed E-state index contributed by atoms with van der Waals surface area (Å²) in [5.41, 5.74) is 0.235. The molecule has 0 bridgehead atoms. The molecule has 102 valence electrons. The van der Waals surface area contributed by atoms with Gasteiger partial charge in [0.1, 0.15) is 5.75 Å². The van der Waals surface area contributed by atoms with E-state index < -0.39 is 11.7 Å². The topological polar surface area (TPSA) is 27.1 Å². The minimum Gasteiger partial charge on any atom is -0.426 e. The van der Waals surface area contributed by atoms with Gasteiger partial charge in [-0.25, -0.2) is 4.98 Å². The van der Waals surface area contributed by atoms with Crippen LogP contribution in [0.3, 0.4) is 0 Å². The van der Waals surface area contributed by atoms with Crippen LogP contribution in [0.2, 0.25) is 0 Å². The molecular formula is C13H13F3N2O. The molecule has 0 aliphatic heterocycles. The van der Waals surface area contributed by atoms with Crippen LogP contribution in [-0.2, 0) is 12.7 Å². The third-order valence-corrected chi connectivity index (χ3v) is 2.73. The summed E-state index contributed by atoms with van der Waals surface area (Å²) in [6, 6.07) is 4.92. The largest absolute Gasteiger partial charge is 0.426 e. The molecule has 1 heterocycles. The van der Waals surface area contributed by atoms with Crippen LogP contribution in [0.1, 0.15) is 18.2 Å². The van der Waals surface area contributed by atoms with Crippen molar-refractivity contribution in [3.63, 3.8) is 0 Å². The molecule has 2 aromatic rings. The second-order valence-electron chi connectivity index (χ2n) is 4.05. The summed E-state index contributed by atoms with van der Waals surface area (Å²) >= 11 is 0. The van der Waals surface area contributed by atoms with E-state index in [2.05, 4.69) is 4.98 Å². The van der Waals surface area contributed by atoms with Gasteiger partial charge in [0.25, 0.3) is 0 Å². The lowest BCUT2D eigenvalue weighted by Crippen LogP contribution is -2.04. The van der Waals surface area contributed by atoms with Gasteiger partial charge in [0, 0.05) is 12.2 Å². The first kappa shape index (κ1) is 13.5. The molecule has 3 nitrogen and oxygen atoms in total. The molecular weight excluding hydrogens is 257 g/mol. The maximum Gasteiger partial charge on any atom is 0.416 e. The monoisotopic (exact) mass is 270 g/mol. The van der Waals surface area contributed by atoms with Gasteiger partial charge in [-0.2, -0.15) is 13.2 Å². The molecule has 2 rings (SSSR count). The highest BCUT2D eigenvalue weighted by molar-refractivity contribution is 5.31. The highest BCUT2D eigenvalue weighted by Crippen LogP contribution is 2.31. The fraction of sp³-hybridized carbons (Fsp3) is 0.308. The lowest BCUT2D eigenvalue weighted by atomic mass is 10.2. The van der Waals surface area contributed by atoms with E-state index in [0.29, 0.717) is 18.3 Å². The van der Waals surface area contributed by atoms with E-state index in [1.54, 1.807) is 6.20 Å². The SMILES string of the molecule is CCn1c(C)cnc1Oc1ccc(C(F)(F)F)cc1. The Kier molecular flexibility index (Phi) is 3.50. The molecule has 0 N–H and O–H groups in total. The van der Waals surface area contributed by atoms with E-state index in [1.165, 1.54) is 12.1 Å². The number of imidazole rings is 1. The van der Waals surface area contributed by atoms with Gasteiger partial charge >= 0.3 is 12.2 Å². The van der Waals surface area contributed by atoms with Crippen molar-refractivity contribution in [2.24, 2.45) is 0 Å². The average Bonchev–Trinajstić information content (AvgIpc) is 2.69. The van der Waals surface area contributed by atoms with E-state index in [9.17, 15) is 13.2 Å². The van der Waals surface area contributed by atoms with Crippen LogP contribution in [0.15, 0.2) is 30.5 Å². The van der Waals surface area contributed by atoms with Crippen molar-refractivity contribution in [2.75, 3.05) is 0 Å². The minimum atomic E-state index is -4.34. The quantitative estimate of drug-likeness (QED) is 0.842. The normalized spacial score (nSPS) is 11.6. The summed E-state index contributed by atoms with van der Waals surface area (Å²) in [5, 5.41) is 0. The predicted octanol–water partition coefficient (Wildman–Crippen LogP) is 4.02. The van der Waals surface area contributed by atoms with E-state index in [1.807, 2.05) is 18.4 Å². The third kappa shape index (κ3) is 2.89. The van der Waals surface area contributed by atoms with Crippen LogP contribution in [0, 0.1) is 6.92 Å². The van der Waals surface area contributed by atoms with Crippen molar-refractivity contribution >= 4 is 0 Å². The first-order valence-electron chi connectivity index (χ1n) is 5.79. The Morgan fingerprint density at radius 3 is 2.37 bits per heavy atom. The second-order valence-corrected chi connectivity index (χ2v) is 4.05. The maximum absolute atomic E-state index is 12.4. The summed E-state index contributed by atoms with van der Waals surface area (Å²) in [7, 11) is 0. The molecule has 0 aliphatic carbocycles. The van der Waals surface area contributed by atoms with Gasteiger partial charge in [-0.1, -0.05) is 0 Å². The van der Waals surface area contributed by atoms with Gasteiger partial charge in [0.2, 0.25) is 0 Å². The molecule has 0 saturated heterocycles. The smallest absolute Gasteiger partial charge is 0.416 e. The molecule has 0 spiro atoms. The Hall–Kier alpha value is -1.98. The second kappa shape index (κ2) is 4.95. The standard InChI is InChI=1S/C13H13F3N2O/c1-3-18-9(2)8-17-12(18)19-11-6-4-10(5-7-11)13(14,15)16/h4-8H,3H2,1-2H3. The molecule has 0 atom stereocenters. The first-order chi connectivity index (χ1) is 8.91. The summed E-state index contributed by atoms with van der Waals surface area (Å²) in [4.78, 5) is 4.07. The zero-order valence-electron chi connectivity index (χ0n) is 10.5. The summed E-state index contributed by atoms with van der Waals surface area (Å²) in [6.45, 7) is 4.51. The minimum absolute atomic E-state index is 0.327. The Morgan fingerprint density at radius 2 is 1.84 bits per heavy atom. The van der Waals surface area contributed by atoms with E-state index in [0.717, 1.165) is 17.8 Å². The number of hydrogen-bond acceptors (Lipinski definition) is 2. The zero-order chi connectivity index (χ0) is 14.0. The third-order valence-electron chi connectivity index (χ3n) is 2.73. The van der Waals surface area contributed by atoms with Crippen LogP contribution in [0.25, 0.3) is 0 Å². The Balaban J connectivity index is 2.20. The number of aryl methyl sites for hydroxylation is 1. The maximum atomic E-state index is 12.4. The lowest BCUT2D eigenvalue weighted by molar-refractivity contribution is -0.137. The zero-order valence-corrected chi connectivity index (χ0v) is 10.5. The van der Waals surface area contributed by atoms with Crippen molar-refractivity contribution in [3.05, 3.63) is 41.7 Å². The summed E-state index contributed by atoms with van der Waals surface area (Å²) in [6.07, 6.45) is -2.68. The number of halogens is 3. The van der Waals surface area contributed by atoms with Crippen LogP contribution in [0.4, 0.5) is 13.2 Å². The number of benzene rings is 1. The predicted molar refractivity (Wildman–Crippen MR) is 64.2 cm³/mol. The fourth-order valence-electron chi connectivity index (χ4n) is 1.72. The first-order valence-corrected chi connectivity index (χ1v) is 5.79. The van der Waals surface area contributed by atoms with Crippen LogP contribution < -0.4 is 4.74 Å². The number of rotatable bonds is 3. The Labute approximate surface area is 108 Å². The van der Waals surface area contributed by atoms with Gasteiger partial charge in [0.15, 0.2) is 0 Å². The molecule has 0 aliphatic rings. The lowest BCUT2D eigenvalue weighted by Gasteiger charge is -2.10. The molecule has 0 fully saturated rings. The number of ether oxygens (including phenoxy) is 1. The van der Waals surface area contributed by atoms with Gasteiger partial charge in [0.05, 0.1) is 11.8 Å². The molecule has 6 heteroatoms. The van der Waals surface area contributed by atoms with Crippen molar-refractivity contribution < 1.29 is 17.9 Å². The van der Waals surface area contributed by atoms with Crippen LogP contribution in [-0.4, -0.2) is 9.55 Å². The van der Waals surface area contributed by atoms with Gasteiger partial charge in [-0.05, 0) is 38.1 Å². The summed E-state index contributed by atoms with van der Waals surface area (Å²) in [5.74, 6) is 0.327. The van der Waals surface area contributed by atoms with Crippen molar-refractivity contribution in [1.29, 1.82) is 0 Å². The number of nitrogens with zero attached hydrogens (tertiary/aromatic N) is 2. The van der Waals surface area contributed by atoms with E-state index in [4.69, 9.17) is 4.74 Å². The molecule has 1 aromatic heterocycles. The van der Waals surface area contributed by atoms with Gasteiger partial charge in [-0.3, -0.25) is 4.57 Å². The highest BCUT2D eigenvalue weighted by Gasteiger charge is 2.30. The van der Waals surface area contributed by atoms with Gasteiger partial charge < -0.3 is 4.74 Å². The Bertz CT molecular complexity index is 558. The summed E-state index contributed by atoms with van der Waals surface area (Å²) < 4.78 is 44.5. The average molecular weight is 270 g/mol. The van der Waals surface area contributed by atoms with Crippen molar-refractivity contribution in [3.8, 4) is 11.8 Å². The highest BCUT2D eigenvalue weighted by atomic mass is 19.4. The number of aromatic nitrogens is 2. The molecule has 1 aromatic carbocycles. The molecule has 19 heavy (non-hydrogen) atoms. The van der Waals surface area contributed by atoms with E-state index >= 15 is 0 Å². The van der Waals surface area contributed by atoms with Crippen molar-refractivity contribution in [1.82, 2.24) is 9.55 Å².